The van der Waals surface area contributed by atoms with Gasteiger partial charge in [-0.3, -0.25) is 23.1 Å². The number of nitrogens with two attached hydrogens (primary N) is 4. The fourth-order valence-electron chi connectivity index (χ4n) is 18.8. The van der Waals surface area contributed by atoms with Crippen molar-refractivity contribution in [3.8, 4) is 0 Å². The van der Waals surface area contributed by atoms with E-state index in [1.165, 1.54) is 36.2 Å². The molecule has 14 N–H and O–H groups in total. The Balaban J connectivity index is 0.000000144. The first-order valence-corrected chi connectivity index (χ1v) is 55.0. The molecule has 0 saturated carbocycles. The summed E-state index contributed by atoms with van der Waals surface area (Å²) in [7, 11) is -10.8. The Bertz CT molecular complexity index is 6030. The summed E-state index contributed by atoms with van der Waals surface area (Å²) in [6.45, 7) is 36.2. The topological polar surface area (TPSA) is 607 Å². The lowest BCUT2D eigenvalue weighted by Gasteiger charge is -2.51. The number of aliphatic hydroxyl groups excluding tert-OH is 6. The number of hydrogen-bond donors (Lipinski definition) is 10. The standard InChI is InChI=1S/C28H24O9.C22H39N5O5Si2.C22H39N5O4Si2.C10H13N5O4.C10H13N5O3/c1-18(29)34-28-24(37-27(32)21-15-9-4-10-16-21)23(36-26(31)20-13-7-3-8-14-20)22(35-28)17-33-25(30)19-11-5-2-6-12-19;1-12(2)33(13(3)4)29-9-16-19(31-34(32-33,14(5)6)15(7)8)18(28)22(30-16)27-11-26-17-20(23)24-10-25-21(17)27;1-13(2)32(14(3)4)28-10-18-17(30-33(31-32,15(5)6)16(7)8)9-19(29-18)27-12-26-20-21(23)24-11-25-22(20)27;11-8-5-9(13-2-12-8)15(3-14-5)10-7(18)6(17)4(1-16)19-10;11-9-8-10(13-3-12-9)15(4-14-8)7-1-5(17)6(2-16)18-7/h2-16,22-24,28H,17H2,1H3;10-16,18-19,22,28H,9H2,1-8H3,(H2,23,24,25);11-19H,9-10H2,1-8H3,(H2,23,24,25);2-4,6-7,10,16-18H,1H2,(H2,11,12,13);3-7,16-17H,1-2H2,(H2,11,12,13)/t22-,23?,24-,28-;16-,18+,19?,22-;17?,18-,19-;4-,6?,7+,10-;5?,6-,7-/m00000/s1. The van der Waals surface area contributed by atoms with Crippen LogP contribution in [0.3, 0.4) is 0 Å². The lowest BCUT2D eigenvalue weighted by Crippen LogP contribution is -2.65. The minimum absolute atomic E-state index is 0.116. The molecule has 8 aromatic heterocycles. The van der Waals surface area contributed by atoms with E-state index in [9.17, 15) is 39.6 Å². The average Bonchev–Trinajstić information content (AvgIpc) is 1.63. The molecule has 7 aliphatic heterocycles. The van der Waals surface area contributed by atoms with Crippen LogP contribution in [-0.2, 0) is 73.4 Å². The molecular formula is C92H128N20O25Si4. The molecule has 15 heterocycles. The maximum absolute atomic E-state index is 12.9. The first kappa shape index (κ1) is 106. The van der Waals surface area contributed by atoms with Gasteiger partial charge in [-0.05, 0) is 80.7 Å². The van der Waals surface area contributed by atoms with Crippen LogP contribution in [0.5, 0.6) is 0 Å². The van der Waals surface area contributed by atoms with Gasteiger partial charge in [-0.25, -0.2) is 74.2 Å². The molecule has 45 nitrogen and oxygen atoms in total. The molecule has 7 fully saturated rings. The highest BCUT2D eigenvalue weighted by atomic mass is 28.5. The minimum atomic E-state index is -2.86. The van der Waals surface area contributed by atoms with Crippen molar-refractivity contribution in [3.63, 3.8) is 0 Å². The van der Waals surface area contributed by atoms with Gasteiger partial charge in [0.2, 0.25) is 12.4 Å². The quantitative estimate of drug-likeness (QED) is 0.0172. The van der Waals surface area contributed by atoms with Crippen molar-refractivity contribution in [1.29, 1.82) is 0 Å². The van der Waals surface area contributed by atoms with Crippen molar-refractivity contribution in [1.82, 2.24) is 78.1 Å². The van der Waals surface area contributed by atoms with Gasteiger partial charge in [0.25, 0.3) is 0 Å². The Morgan fingerprint density at radius 1 is 0.390 bits per heavy atom. The van der Waals surface area contributed by atoms with Crippen LogP contribution >= 0.6 is 0 Å². The number of hydrogen-bond acceptors (Lipinski definition) is 41. The third-order valence-electron chi connectivity index (χ3n) is 26.2. The number of esters is 4. The van der Waals surface area contributed by atoms with Gasteiger partial charge in [0, 0.05) is 19.8 Å². The molecule has 7 aliphatic rings. The number of aromatic nitrogens is 16. The summed E-state index contributed by atoms with van der Waals surface area (Å²) in [4.78, 5) is 99.6. The Labute approximate surface area is 817 Å². The highest BCUT2D eigenvalue weighted by Crippen LogP contribution is 2.52. The number of carbonyl (C=O) groups is 4. The highest BCUT2D eigenvalue weighted by Gasteiger charge is 2.64. The highest BCUT2D eigenvalue weighted by molar-refractivity contribution is 6.84. The fraction of sp³-hybridized carbons (Fsp3) is 0.543. The molecule has 49 heteroatoms. The van der Waals surface area contributed by atoms with Crippen LogP contribution in [0.25, 0.3) is 44.7 Å². The van der Waals surface area contributed by atoms with Crippen molar-refractivity contribution in [3.05, 3.63) is 158 Å². The van der Waals surface area contributed by atoms with Crippen molar-refractivity contribution < 1.29 is 118 Å². The normalized spacial score (nSPS) is 26.6. The van der Waals surface area contributed by atoms with E-state index in [1.807, 2.05) is 4.57 Å². The summed E-state index contributed by atoms with van der Waals surface area (Å²) >= 11 is 0. The number of fused-ring (bicyclic) bond motifs is 6. The van der Waals surface area contributed by atoms with Crippen LogP contribution < -0.4 is 22.9 Å². The van der Waals surface area contributed by atoms with Gasteiger partial charge in [0.15, 0.2) is 64.4 Å². The Kier molecular flexibility index (Phi) is 33.8. The zero-order chi connectivity index (χ0) is 102. The van der Waals surface area contributed by atoms with E-state index in [2.05, 4.69) is 171 Å². The summed E-state index contributed by atoms with van der Waals surface area (Å²) in [5.74, 6) is -1.64. The summed E-state index contributed by atoms with van der Waals surface area (Å²) in [6.07, 6.45) is -1.38. The van der Waals surface area contributed by atoms with E-state index in [0.717, 1.165) is 6.92 Å². The molecule has 5 unspecified atom stereocenters. The summed E-state index contributed by atoms with van der Waals surface area (Å²) in [6, 6.07) is 24.6. The summed E-state index contributed by atoms with van der Waals surface area (Å²) < 4.78 is 100. The molecule has 18 rings (SSSR count). The number of ether oxygens (including phenoxy) is 9. The number of carbonyl (C=O) groups excluding carboxylic acids is 4. The maximum atomic E-state index is 12.9. The molecule has 0 radical (unpaired) electrons. The van der Waals surface area contributed by atoms with Crippen molar-refractivity contribution >= 4 is 126 Å². The lowest BCUT2D eigenvalue weighted by molar-refractivity contribution is -0.188. The second-order valence-corrected chi connectivity index (χ2v) is 55.6. The van der Waals surface area contributed by atoms with Crippen LogP contribution in [0, 0.1) is 0 Å². The molecule has 18 atom stereocenters. The van der Waals surface area contributed by atoms with Crippen LogP contribution in [0.2, 0.25) is 44.3 Å². The van der Waals surface area contributed by atoms with Gasteiger partial charge in [-0.1, -0.05) is 165 Å². The van der Waals surface area contributed by atoms with Gasteiger partial charge in [0.1, 0.15) is 121 Å². The number of nitrogen functional groups attached to an aromatic ring is 4. The average molecular weight is 2030 g/mol. The molecule has 0 aliphatic carbocycles. The number of nitrogens with zero attached hydrogens (tertiary/aromatic N) is 16. The van der Waals surface area contributed by atoms with Crippen LogP contribution in [0.1, 0.15) is 187 Å². The van der Waals surface area contributed by atoms with E-state index in [0.29, 0.717) is 99.0 Å². The van der Waals surface area contributed by atoms with Gasteiger partial charge >= 0.3 is 58.1 Å². The van der Waals surface area contributed by atoms with E-state index < -0.39 is 157 Å². The molecule has 0 amide bonds. The Hall–Kier alpha value is -10.9. The fourth-order valence-corrected chi connectivity index (χ4v) is 41.2. The number of anilines is 4. The monoisotopic (exact) mass is 2020 g/mol. The smallest absolute Gasteiger partial charge is 0.338 e. The number of benzene rings is 3. The predicted molar refractivity (Wildman–Crippen MR) is 518 cm³/mol. The SMILES string of the molecule is CC(=O)O[C@H]1O[C@@H](COC(=O)c2ccccc2)C(OC(=O)c2ccccc2)[C@@H]1OC(=O)c1ccccc1.CC(C)[Si]1(C(C)C)OC[C@@H]2O[C@H](n3cnc4c(N)ncnc43)CC2O[Si](C(C)C)(C(C)C)O1.CC(C)[Si]1(C(C)C)OC[C@@H]2O[C@H](n3cnc4c(N)ncnc43)[C@H](O)C2O[Si](C(C)C)(C(C)C)O1.Nc1ncnc2c1ncn2[C@@H]1CC(O)[C@H](CO)O1.Nc1ncnc2c1ncn2[C@H]1O[C@@H](CO)C(O)[C@H]1O. The molecule has 0 spiro atoms. The second kappa shape index (κ2) is 45.0. The first-order chi connectivity index (χ1) is 67.2. The first-order valence-electron chi connectivity index (χ1n) is 47.1. The van der Waals surface area contributed by atoms with Gasteiger partial charge in [-0.2, -0.15) is 0 Å². The molecule has 3 aromatic carbocycles. The zero-order valence-corrected chi connectivity index (χ0v) is 85.6. The largest absolute Gasteiger partial charge is 0.459 e. The maximum Gasteiger partial charge on any atom is 0.338 e. The van der Waals surface area contributed by atoms with Gasteiger partial charge in [0.05, 0.1) is 80.6 Å². The van der Waals surface area contributed by atoms with E-state index in [4.69, 9.17) is 102 Å². The van der Waals surface area contributed by atoms with Gasteiger partial charge < -0.3 is 122 Å². The third-order valence-corrected chi connectivity index (χ3v) is 46.8. The number of imidazole rings is 4. The molecule has 141 heavy (non-hydrogen) atoms. The zero-order valence-electron chi connectivity index (χ0n) is 81.6. The minimum Gasteiger partial charge on any atom is -0.459 e. The van der Waals surface area contributed by atoms with Crippen molar-refractivity contribution in [2.75, 3.05) is 56.0 Å². The van der Waals surface area contributed by atoms with Crippen molar-refractivity contribution in [2.45, 2.75) is 285 Å². The van der Waals surface area contributed by atoms with Crippen LogP contribution in [-0.4, -0.2) is 286 Å². The molecule has 762 valence electrons. The lowest BCUT2D eigenvalue weighted by atomic mass is 10.1. The molecule has 0 bridgehead atoms. The van der Waals surface area contributed by atoms with Crippen LogP contribution in [0.4, 0.5) is 23.3 Å². The molecular weight excluding hydrogens is 1900 g/mol. The van der Waals surface area contributed by atoms with Crippen LogP contribution in [0.15, 0.2) is 142 Å². The predicted octanol–water partition coefficient (Wildman–Crippen LogP) is 8.93. The molecule has 11 aromatic rings. The van der Waals surface area contributed by atoms with E-state index in [1.54, 1.807) is 119 Å². The second-order valence-electron chi connectivity index (χ2n) is 37.9. The van der Waals surface area contributed by atoms with E-state index >= 15 is 0 Å². The Morgan fingerprint density at radius 2 is 0.766 bits per heavy atom. The number of rotatable bonds is 22. The summed E-state index contributed by atoms with van der Waals surface area (Å²) in [5, 5.41) is 59.0. The third kappa shape index (κ3) is 22.0. The number of aliphatic hydroxyl groups is 6. The summed E-state index contributed by atoms with van der Waals surface area (Å²) in [5.41, 5.74) is 30.1. The van der Waals surface area contributed by atoms with E-state index in [-0.39, 0.29) is 87.7 Å². The Morgan fingerprint density at radius 3 is 1.16 bits per heavy atom. The van der Waals surface area contributed by atoms with Crippen molar-refractivity contribution in [2.24, 2.45) is 0 Å². The molecule has 7 saturated heterocycles. The van der Waals surface area contributed by atoms with Gasteiger partial charge in [-0.15, -0.1) is 0 Å².